The fourth-order valence-corrected chi connectivity index (χ4v) is 5.55. The lowest BCUT2D eigenvalue weighted by atomic mass is 9.86. The molecule has 162 valence electrons. The molecule has 2 aliphatic heterocycles. The van der Waals surface area contributed by atoms with Gasteiger partial charge in [0.05, 0.1) is 16.8 Å². The van der Waals surface area contributed by atoms with E-state index in [9.17, 15) is 4.79 Å². The molecular weight excluding hydrogens is 398 g/mol. The molecule has 2 saturated heterocycles. The number of thiazole rings is 1. The molecule has 6 nitrogen and oxygen atoms in total. The first-order valence-electron chi connectivity index (χ1n) is 11.4. The van der Waals surface area contributed by atoms with Gasteiger partial charge in [0.15, 0.2) is 0 Å². The SMILES string of the molecule is O=C(OCC1CCC1)N1CCC(Oc2nc3ccc(C4CCNCC4)cc3s2)CC1. The van der Waals surface area contributed by atoms with Gasteiger partial charge in [-0.1, -0.05) is 23.8 Å². The van der Waals surface area contributed by atoms with Gasteiger partial charge < -0.3 is 19.7 Å². The van der Waals surface area contributed by atoms with Gasteiger partial charge in [-0.25, -0.2) is 9.78 Å². The van der Waals surface area contributed by atoms with E-state index in [1.807, 2.05) is 4.90 Å². The molecule has 0 atom stereocenters. The smallest absolute Gasteiger partial charge is 0.409 e. The number of likely N-dealkylation sites (tertiary alicyclic amines) is 1. The van der Waals surface area contributed by atoms with Gasteiger partial charge in [-0.3, -0.25) is 0 Å². The van der Waals surface area contributed by atoms with Crippen LogP contribution in [0.4, 0.5) is 4.79 Å². The summed E-state index contributed by atoms with van der Waals surface area (Å²) in [5, 5.41) is 4.18. The zero-order valence-corrected chi connectivity index (χ0v) is 18.3. The second-order valence-corrected chi connectivity index (χ2v) is 9.90. The Morgan fingerprint density at radius 2 is 1.93 bits per heavy atom. The van der Waals surface area contributed by atoms with Gasteiger partial charge in [0, 0.05) is 25.9 Å². The molecule has 3 heterocycles. The summed E-state index contributed by atoms with van der Waals surface area (Å²) in [6.07, 6.45) is 7.69. The highest BCUT2D eigenvalue weighted by Crippen LogP contribution is 2.34. The number of nitrogens with one attached hydrogen (secondary N) is 1. The lowest BCUT2D eigenvalue weighted by Crippen LogP contribution is -2.42. The second kappa shape index (κ2) is 9.10. The Labute approximate surface area is 181 Å². The lowest BCUT2D eigenvalue weighted by molar-refractivity contribution is 0.0500. The summed E-state index contributed by atoms with van der Waals surface area (Å²) in [5.74, 6) is 1.24. The number of carbonyl (C=O) groups is 1. The van der Waals surface area contributed by atoms with Crippen LogP contribution >= 0.6 is 11.3 Å². The molecule has 7 heteroatoms. The number of carbonyl (C=O) groups excluding carboxylic acids is 1. The number of fused-ring (bicyclic) bond motifs is 1. The Balaban J connectivity index is 1.14. The largest absolute Gasteiger partial charge is 0.467 e. The van der Waals surface area contributed by atoms with Crippen molar-refractivity contribution in [3.8, 4) is 5.19 Å². The maximum absolute atomic E-state index is 12.2. The van der Waals surface area contributed by atoms with Crippen molar-refractivity contribution in [1.82, 2.24) is 15.2 Å². The fourth-order valence-electron chi connectivity index (χ4n) is 4.62. The third-order valence-corrected chi connectivity index (χ3v) is 7.75. The van der Waals surface area contributed by atoms with E-state index in [2.05, 4.69) is 23.5 Å². The summed E-state index contributed by atoms with van der Waals surface area (Å²) in [6.45, 7) is 4.18. The van der Waals surface area contributed by atoms with Gasteiger partial charge in [0.1, 0.15) is 6.10 Å². The predicted molar refractivity (Wildman–Crippen MR) is 118 cm³/mol. The van der Waals surface area contributed by atoms with Gasteiger partial charge in [-0.05, 0) is 68.3 Å². The number of amides is 1. The van der Waals surface area contributed by atoms with E-state index in [-0.39, 0.29) is 12.2 Å². The molecule has 3 fully saturated rings. The Morgan fingerprint density at radius 3 is 2.67 bits per heavy atom. The van der Waals surface area contributed by atoms with Crippen LogP contribution in [0.25, 0.3) is 10.2 Å². The van der Waals surface area contributed by atoms with Crippen LogP contribution in [0.3, 0.4) is 0 Å². The molecule has 1 aromatic carbocycles. The van der Waals surface area contributed by atoms with E-state index in [1.54, 1.807) is 11.3 Å². The van der Waals surface area contributed by atoms with E-state index < -0.39 is 0 Å². The van der Waals surface area contributed by atoms with Crippen molar-refractivity contribution in [2.45, 2.75) is 57.0 Å². The van der Waals surface area contributed by atoms with Gasteiger partial charge in [-0.15, -0.1) is 0 Å². The summed E-state index contributed by atoms with van der Waals surface area (Å²) < 4.78 is 12.9. The number of hydrogen-bond acceptors (Lipinski definition) is 6. The highest BCUT2D eigenvalue weighted by Gasteiger charge is 2.27. The summed E-state index contributed by atoms with van der Waals surface area (Å²) >= 11 is 1.64. The molecule has 1 aromatic heterocycles. The van der Waals surface area contributed by atoms with Crippen molar-refractivity contribution in [2.75, 3.05) is 32.8 Å². The predicted octanol–water partition coefficient (Wildman–Crippen LogP) is 4.54. The highest BCUT2D eigenvalue weighted by atomic mass is 32.1. The number of ether oxygens (including phenoxy) is 2. The molecule has 0 unspecified atom stereocenters. The normalized spacial score (nSPS) is 21.5. The standard InChI is InChI=1S/C23H31N3O3S/c27-23(28-15-16-2-1-3-16)26-12-8-19(9-13-26)29-22-25-20-5-4-18(14-21(20)30-22)17-6-10-24-11-7-17/h4-5,14,16-17,19,24H,1-3,6-13,15H2. The van der Waals surface area contributed by atoms with Gasteiger partial charge in [-0.2, -0.15) is 0 Å². The second-order valence-electron chi connectivity index (χ2n) is 8.91. The van der Waals surface area contributed by atoms with Crippen molar-refractivity contribution in [2.24, 2.45) is 5.92 Å². The molecule has 0 bridgehead atoms. The third kappa shape index (κ3) is 4.57. The molecule has 2 aromatic rings. The molecule has 1 N–H and O–H groups in total. The quantitative estimate of drug-likeness (QED) is 0.756. The van der Waals surface area contributed by atoms with Crippen molar-refractivity contribution < 1.29 is 14.3 Å². The average molecular weight is 430 g/mol. The number of nitrogens with zero attached hydrogens (tertiary/aromatic N) is 2. The van der Waals surface area contributed by atoms with Crippen LogP contribution in [0.5, 0.6) is 5.19 Å². The molecule has 0 radical (unpaired) electrons. The maximum Gasteiger partial charge on any atom is 0.409 e. The molecule has 3 aliphatic rings. The van der Waals surface area contributed by atoms with Gasteiger partial charge in [0.25, 0.3) is 5.19 Å². The third-order valence-electron chi connectivity index (χ3n) is 6.84. The lowest BCUT2D eigenvalue weighted by Gasteiger charge is -2.32. The zero-order valence-electron chi connectivity index (χ0n) is 17.5. The van der Waals surface area contributed by atoms with Crippen LogP contribution < -0.4 is 10.1 Å². The number of rotatable bonds is 5. The minimum Gasteiger partial charge on any atom is -0.467 e. The van der Waals surface area contributed by atoms with Gasteiger partial charge in [0.2, 0.25) is 0 Å². The molecule has 1 saturated carbocycles. The van der Waals surface area contributed by atoms with Crippen molar-refractivity contribution in [1.29, 1.82) is 0 Å². The first-order valence-corrected chi connectivity index (χ1v) is 12.3. The molecule has 1 amide bonds. The molecule has 30 heavy (non-hydrogen) atoms. The molecule has 5 rings (SSSR count). The van der Waals surface area contributed by atoms with E-state index in [0.717, 1.165) is 36.6 Å². The maximum atomic E-state index is 12.2. The minimum absolute atomic E-state index is 0.116. The summed E-state index contributed by atoms with van der Waals surface area (Å²) in [5.41, 5.74) is 2.44. The topological polar surface area (TPSA) is 63.7 Å². The average Bonchev–Trinajstić information content (AvgIpc) is 3.15. The summed E-state index contributed by atoms with van der Waals surface area (Å²) in [4.78, 5) is 18.7. The highest BCUT2D eigenvalue weighted by molar-refractivity contribution is 7.20. The van der Waals surface area contributed by atoms with E-state index >= 15 is 0 Å². The molecule has 1 aliphatic carbocycles. The number of benzene rings is 1. The first kappa shape index (κ1) is 20.1. The van der Waals surface area contributed by atoms with Crippen LogP contribution in [0.2, 0.25) is 0 Å². The minimum atomic E-state index is -0.161. The Kier molecular flexibility index (Phi) is 6.09. The van der Waals surface area contributed by atoms with Crippen LogP contribution in [0.1, 0.15) is 56.4 Å². The number of hydrogen-bond donors (Lipinski definition) is 1. The number of aromatic nitrogens is 1. The molecule has 0 spiro atoms. The van der Waals surface area contributed by atoms with Crippen LogP contribution in [0, 0.1) is 5.92 Å². The number of piperidine rings is 2. The van der Waals surface area contributed by atoms with Crippen LogP contribution in [0.15, 0.2) is 18.2 Å². The monoisotopic (exact) mass is 429 g/mol. The van der Waals surface area contributed by atoms with Crippen molar-refractivity contribution in [3.63, 3.8) is 0 Å². The van der Waals surface area contributed by atoms with E-state index in [4.69, 9.17) is 14.5 Å². The van der Waals surface area contributed by atoms with Gasteiger partial charge >= 0.3 is 6.09 Å². The Hall–Kier alpha value is -1.86. The van der Waals surface area contributed by atoms with E-state index in [1.165, 1.54) is 42.4 Å². The molecular formula is C23H31N3O3S. The first-order chi connectivity index (χ1) is 14.7. The van der Waals surface area contributed by atoms with Crippen LogP contribution in [-0.4, -0.2) is 54.9 Å². The Bertz CT molecular complexity index is 868. The summed E-state index contributed by atoms with van der Waals surface area (Å²) in [6, 6.07) is 6.67. The van der Waals surface area contributed by atoms with Crippen molar-refractivity contribution in [3.05, 3.63) is 23.8 Å². The van der Waals surface area contributed by atoms with Crippen molar-refractivity contribution >= 4 is 27.6 Å². The zero-order chi connectivity index (χ0) is 20.3. The van der Waals surface area contributed by atoms with E-state index in [0.29, 0.717) is 31.5 Å². The Morgan fingerprint density at radius 1 is 1.13 bits per heavy atom. The fraction of sp³-hybridized carbons (Fsp3) is 0.652. The van der Waals surface area contributed by atoms with Crippen LogP contribution in [-0.2, 0) is 4.74 Å². The summed E-state index contributed by atoms with van der Waals surface area (Å²) in [7, 11) is 0.